The van der Waals surface area contributed by atoms with Crippen LogP contribution in [0.15, 0.2) is 36.4 Å². The molecule has 0 radical (unpaired) electrons. The van der Waals surface area contributed by atoms with Crippen molar-refractivity contribution in [3.8, 4) is 0 Å². The van der Waals surface area contributed by atoms with Crippen LogP contribution >= 0.6 is 0 Å². The quantitative estimate of drug-likeness (QED) is 0.504. The zero-order valence-corrected chi connectivity index (χ0v) is 10.2. The third kappa shape index (κ3) is 2.98. The van der Waals surface area contributed by atoms with E-state index in [4.69, 9.17) is 5.73 Å². The molecule has 0 aliphatic heterocycles. The van der Waals surface area contributed by atoms with Crippen LogP contribution in [0.25, 0.3) is 0 Å². The van der Waals surface area contributed by atoms with Crippen molar-refractivity contribution in [2.45, 2.75) is 6.92 Å². The van der Waals surface area contributed by atoms with E-state index in [1.54, 1.807) is 25.1 Å². The number of non-ortho nitro benzene ring substituents is 1. The maximum atomic E-state index is 13.1. The number of benzene rings is 2. The summed E-state index contributed by atoms with van der Waals surface area (Å²) in [5, 5.41) is 13.7. The normalized spacial score (nSPS) is 10.2. The van der Waals surface area contributed by atoms with E-state index in [1.807, 2.05) is 0 Å². The van der Waals surface area contributed by atoms with Crippen LogP contribution in [0.3, 0.4) is 0 Å². The first-order valence-corrected chi connectivity index (χ1v) is 5.54. The number of nitrogens with two attached hydrogens (primary N) is 1. The SMILES string of the molecule is Cc1cc(Nc2cc(N)cc([N+](=O)[O-])c2)ccc1F. The van der Waals surface area contributed by atoms with E-state index in [-0.39, 0.29) is 17.2 Å². The molecule has 0 heterocycles. The Balaban J connectivity index is 2.32. The zero-order valence-electron chi connectivity index (χ0n) is 10.2. The smallest absolute Gasteiger partial charge is 0.273 e. The second kappa shape index (κ2) is 4.93. The Morgan fingerprint density at radius 3 is 2.58 bits per heavy atom. The van der Waals surface area contributed by atoms with Gasteiger partial charge in [0.15, 0.2) is 0 Å². The van der Waals surface area contributed by atoms with Gasteiger partial charge in [-0.25, -0.2) is 4.39 Å². The molecule has 6 heteroatoms. The van der Waals surface area contributed by atoms with Gasteiger partial charge in [-0.15, -0.1) is 0 Å². The lowest BCUT2D eigenvalue weighted by Gasteiger charge is -2.08. The van der Waals surface area contributed by atoms with Crippen LogP contribution in [-0.4, -0.2) is 4.92 Å². The second-order valence-electron chi connectivity index (χ2n) is 4.16. The highest BCUT2D eigenvalue weighted by molar-refractivity contribution is 5.67. The standard InChI is InChI=1S/C13H12FN3O2/c1-8-4-10(2-3-13(8)14)16-11-5-9(15)6-12(7-11)17(18)19/h2-7,16H,15H2,1H3. The number of aryl methyl sites for hydroxylation is 1. The Bertz CT molecular complexity index is 644. The molecule has 0 atom stereocenters. The van der Waals surface area contributed by atoms with Crippen LogP contribution in [0, 0.1) is 22.9 Å². The van der Waals surface area contributed by atoms with Crippen LogP contribution in [-0.2, 0) is 0 Å². The molecule has 0 spiro atoms. The maximum absolute atomic E-state index is 13.1. The van der Waals surface area contributed by atoms with Gasteiger partial charge in [-0.05, 0) is 36.8 Å². The Hall–Kier alpha value is -2.63. The van der Waals surface area contributed by atoms with E-state index in [2.05, 4.69) is 5.32 Å². The fraction of sp³-hybridized carbons (Fsp3) is 0.0769. The summed E-state index contributed by atoms with van der Waals surface area (Å²) in [5.74, 6) is -0.302. The number of nitro benzene ring substituents is 1. The third-order valence-electron chi connectivity index (χ3n) is 2.60. The Morgan fingerprint density at radius 1 is 1.21 bits per heavy atom. The molecule has 0 bridgehead atoms. The number of rotatable bonds is 3. The summed E-state index contributed by atoms with van der Waals surface area (Å²) in [6.45, 7) is 1.64. The van der Waals surface area contributed by atoms with E-state index < -0.39 is 4.92 Å². The lowest BCUT2D eigenvalue weighted by molar-refractivity contribution is -0.384. The van der Waals surface area contributed by atoms with Crippen LogP contribution < -0.4 is 11.1 Å². The van der Waals surface area contributed by atoms with Crippen molar-refractivity contribution in [3.05, 3.63) is 57.9 Å². The first-order chi connectivity index (χ1) is 8.95. The number of hydrogen-bond acceptors (Lipinski definition) is 4. The minimum atomic E-state index is -0.516. The molecular formula is C13H12FN3O2. The number of nitrogens with one attached hydrogen (secondary N) is 1. The van der Waals surface area contributed by atoms with Crippen molar-refractivity contribution in [2.75, 3.05) is 11.1 Å². The molecule has 98 valence electrons. The molecular weight excluding hydrogens is 249 g/mol. The van der Waals surface area contributed by atoms with Gasteiger partial charge >= 0.3 is 0 Å². The van der Waals surface area contributed by atoms with E-state index in [0.29, 0.717) is 16.9 Å². The maximum Gasteiger partial charge on any atom is 0.273 e. The summed E-state index contributed by atoms with van der Waals surface area (Å²) >= 11 is 0. The summed E-state index contributed by atoms with van der Waals surface area (Å²) < 4.78 is 13.1. The Labute approximate surface area is 109 Å². The molecule has 19 heavy (non-hydrogen) atoms. The van der Waals surface area contributed by atoms with Crippen molar-refractivity contribution in [2.24, 2.45) is 0 Å². The number of hydrogen-bond donors (Lipinski definition) is 2. The summed E-state index contributed by atoms with van der Waals surface area (Å²) in [4.78, 5) is 10.2. The first-order valence-electron chi connectivity index (χ1n) is 5.54. The summed E-state index contributed by atoms with van der Waals surface area (Å²) in [6, 6.07) is 8.72. The second-order valence-corrected chi connectivity index (χ2v) is 4.16. The van der Waals surface area contributed by atoms with Gasteiger partial charge in [0.2, 0.25) is 0 Å². The predicted octanol–water partition coefficient (Wildman–Crippen LogP) is 3.37. The average molecular weight is 261 g/mol. The van der Waals surface area contributed by atoms with Crippen molar-refractivity contribution in [3.63, 3.8) is 0 Å². The lowest BCUT2D eigenvalue weighted by Crippen LogP contribution is -1.96. The van der Waals surface area contributed by atoms with E-state index in [1.165, 1.54) is 18.2 Å². The van der Waals surface area contributed by atoms with E-state index in [9.17, 15) is 14.5 Å². The van der Waals surface area contributed by atoms with Gasteiger partial charge in [0, 0.05) is 29.2 Å². The summed E-state index contributed by atoms with van der Waals surface area (Å²) in [7, 11) is 0. The molecule has 0 aliphatic carbocycles. The number of nitrogen functional groups attached to an aromatic ring is 1. The van der Waals surface area contributed by atoms with Gasteiger partial charge in [0.25, 0.3) is 5.69 Å². The molecule has 0 saturated carbocycles. The van der Waals surface area contributed by atoms with Crippen LogP contribution in [0.1, 0.15) is 5.56 Å². The first kappa shape index (κ1) is 12.8. The molecule has 0 fully saturated rings. The van der Waals surface area contributed by atoms with Crippen LogP contribution in [0.2, 0.25) is 0 Å². The number of halogens is 1. The number of nitrogens with zero attached hydrogens (tertiary/aromatic N) is 1. The number of nitro groups is 1. The van der Waals surface area contributed by atoms with Gasteiger partial charge < -0.3 is 11.1 Å². The van der Waals surface area contributed by atoms with Crippen molar-refractivity contribution in [1.29, 1.82) is 0 Å². The highest BCUT2D eigenvalue weighted by Crippen LogP contribution is 2.25. The fourth-order valence-corrected chi connectivity index (χ4v) is 1.70. The van der Waals surface area contributed by atoms with Crippen molar-refractivity contribution in [1.82, 2.24) is 0 Å². The van der Waals surface area contributed by atoms with Gasteiger partial charge in [-0.3, -0.25) is 10.1 Å². The molecule has 0 aliphatic rings. The minimum absolute atomic E-state index is 0.0960. The molecule has 3 N–H and O–H groups in total. The molecule has 0 unspecified atom stereocenters. The largest absolute Gasteiger partial charge is 0.398 e. The van der Waals surface area contributed by atoms with Crippen LogP contribution in [0.5, 0.6) is 0 Å². The summed E-state index contributed by atoms with van der Waals surface area (Å²) in [6.07, 6.45) is 0. The molecule has 0 aromatic heterocycles. The van der Waals surface area contributed by atoms with Gasteiger partial charge in [-0.1, -0.05) is 0 Å². The highest BCUT2D eigenvalue weighted by atomic mass is 19.1. The molecule has 2 aromatic rings. The van der Waals surface area contributed by atoms with Gasteiger partial charge in [-0.2, -0.15) is 0 Å². The molecule has 0 amide bonds. The summed E-state index contributed by atoms with van der Waals surface area (Å²) in [5.41, 5.74) is 7.40. The molecule has 2 aromatic carbocycles. The topological polar surface area (TPSA) is 81.2 Å². The highest BCUT2D eigenvalue weighted by Gasteiger charge is 2.09. The fourth-order valence-electron chi connectivity index (χ4n) is 1.70. The molecule has 2 rings (SSSR count). The average Bonchev–Trinajstić information content (AvgIpc) is 2.33. The number of anilines is 3. The van der Waals surface area contributed by atoms with Gasteiger partial charge in [0.1, 0.15) is 5.82 Å². The predicted molar refractivity (Wildman–Crippen MR) is 71.9 cm³/mol. The zero-order chi connectivity index (χ0) is 14.0. The van der Waals surface area contributed by atoms with Gasteiger partial charge in [0.05, 0.1) is 4.92 Å². The van der Waals surface area contributed by atoms with Crippen molar-refractivity contribution < 1.29 is 9.31 Å². The van der Waals surface area contributed by atoms with Crippen LogP contribution in [0.4, 0.5) is 27.1 Å². The van der Waals surface area contributed by atoms with E-state index in [0.717, 1.165) is 0 Å². The monoisotopic (exact) mass is 261 g/mol. The third-order valence-corrected chi connectivity index (χ3v) is 2.60. The Kier molecular flexibility index (Phi) is 3.33. The minimum Gasteiger partial charge on any atom is -0.398 e. The van der Waals surface area contributed by atoms with Crippen molar-refractivity contribution >= 4 is 22.7 Å². The van der Waals surface area contributed by atoms with E-state index >= 15 is 0 Å². The molecule has 0 saturated heterocycles. The lowest BCUT2D eigenvalue weighted by atomic mass is 10.2. The Morgan fingerprint density at radius 2 is 1.95 bits per heavy atom. The molecule has 5 nitrogen and oxygen atoms in total.